The molecule has 3 nitrogen and oxygen atoms in total. The Kier molecular flexibility index (Phi) is 3.69. The largest absolute Gasteiger partial charge is 0.506 e. The molecule has 0 aliphatic heterocycles. The van der Waals surface area contributed by atoms with E-state index in [0.717, 1.165) is 0 Å². The molecule has 1 aromatic rings. The van der Waals surface area contributed by atoms with Gasteiger partial charge in [0.05, 0.1) is 11.8 Å². The maximum absolute atomic E-state index is 10.0. The van der Waals surface area contributed by atoms with E-state index in [1.165, 1.54) is 18.5 Å². The second-order valence-electron chi connectivity index (χ2n) is 1.55. The minimum absolute atomic E-state index is 0. The smallest absolute Gasteiger partial charge is 0.153 e. The van der Waals surface area contributed by atoms with Gasteiger partial charge in [0.25, 0.3) is 0 Å². The topological polar surface area (TPSA) is 50.2 Å². The van der Waals surface area contributed by atoms with E-state index >= 15 is 0 Å². The van der Waals surface area contributed by atoms with Crippen LogP contribution in [-0.4, -0.2) is 16.4 Å². The Hall–Kier alpha value is -0.861. The number of rotatable bonds is 1. The quantitative estimate of drug-likeness (QED) is 0.507. The van der Waals surface area contributed by atoms with Gasteiger partial charge in [0, 0.05) is 23.3 Å². The van der Waals surface area contributed by atoms with Gasteiger partial charge in [-0.3, -0.25) is 9.78 Å². The van der Waals surface area contributed by atoms with Crippen molar-refractivity contribution in [2.75, 3.05) is 0 Å². The van der Waals surface area contributed by atoms with Gasteiger partial charge < -0.3 is 5.11 Å². The normalized spacial score (nSPS) is 8.00. The van der Waals surface area contributed by atoms with Crippen molar-refractivity contribution in [3.63, 3.8) is 0 Å². The van der Waals surface area contributed by atoms with Crippen LogP contribution in [0.1, 0.15) is 10.4 Å². The van der Waals surface area contributed by atoms with Crippen molar-refractivity contribution in [1.29, 1.82) is 0 Å². The molecule has 0 radical (unpaired) electrons. The molecule has 0 fully saturated rings. The number of carbonyl (C=O) groups is 1. The molecule has 0 saturated carbocycles. The first kappa shape index (κ1) is 9.14. The van der Waals surface area contributed by atoms with Crippen LogP contribution < -0.4 is 0 Å². The number of hydrogen-bond donors (Lipinski definition) is 1. The van der Waals surface area contributed by atoms with Crippen molar-refractivity contribution in [2.24, 2.45) is 0 Å². The molecule has 54 valence electrons. The van der Waals surface area contributed by atoms with E-state index < -0.39 is 0 Å². The summed E-state index contributed by atoms with van der Waals surface area (Å²) in [4.78, 5) is 13.6. The molecular weight excluding hydrogens is 174 g/mol. The zero-order valence-corrected chi connectivity index (χ0v) is 6.07. The van der Waals surface area contributed by atoms with Gasteiger partial charge in [0.1, 0.15) is 5.75 Å². The fourth-order valence-electron chi connectivity index (χ4n) is 0.497. The second-order valence-corrected chi connectivity index (χ2v) is 1.55. The van der Waals surface area contributed by atoms with Crippen LogP contribution in [0.3, 0.4) is 0 Å². The van der Waals surface area contributed by atoms with Crippen LogP contribution in [0.4, 0.5) is 0 Å². The summed E-state index contributed by atoms with van der Waals surface area (Å²) in [6.45, 7) is 0. The summed E-state index contributed by atoms with van der Waals surface area (Å²) in [6.07, 6.45) is 3.25. The molecule has 0 aliphatic rings. The van der Waals surface area contributed by atoms with Gasteiger partial charge in [-0.05, 0) is 6.07 Å². The first-order valence-electron chi connectivity index (χ1n) is 2.43. The number of nitrogens with zero attached hydrogens (tertiary/aromatic N) is 1. The Morgan fingerprint density at radius 1 is 1.60 bits per heavy atom. The number of aromatic nitrogens is 1. The van der Waals surface area contributed by atoms with Crippen molar-refractivity contribution in [3.05, 3.63) is 24.0 Å². The molecule has 0 bridgehead atoms. The summed E-state index contributed by atoms with van der Waals surface area (Å²) in [7, 11) is 0. The molecule has 1 heterocycles. The van der Waals surface area contributed by atoms with Gasteiger partial charge >= 0.3 is 0 Å². The van der Waals surface area contributed by atoms with Gasteiger partial charge in [0.15, 0.2) is 6.29 Å². The number of aldehydes is 1. The van der Waals surface area contributed by atoms with E-state index in [1.807, 2.05) is 0 Å². The van der Waals surface area contributed by atoms with Crippen molar-refractivity contribution in [2.45, 2.75) is 0 Å². The minimum atomic E-state index is -0.0764. The average Bonchev–Trinajstić information content (AvgIpc) is 1.89. The summed E-state index contributed by atoms with van der Waals surface area (Å²) in [6, 6.07) is 1.45. The number of pyridine rings is 1. The predicted octanol–water partition coefficient (Wildman–Crippen LogP) is 0.597. The van der Waals surface area contributed by atoms with E-state index in [9.17, 15) is 4.79 Å². The maximum atomic E-state index is 10.0. The average molecular weight is 179 g/mol. The van der Waals surface area contributed by atoms with Crippen LogP contribution in [0.2, 0.25) is 0 Å². The van der Waals surface area contributed by atoms with Crippen molar-refractivity contribution < 1.29 is 27.0 Å². The third-order valence-electron chi connectivity index (χ3n) is 0.960. The first-order valence-corrected chi connectivity index (χ1v) is 2.43. The molecule has 1 rings (SSSR count). The summed E-state index contributed by atoms with van der Waals surface area (Å²) in [5, 5.41) is 8.82. The van der Waals surface area contributed by atoms with Gasteiger partial charge in [-0.15, -0.1) is 0 Å². The molecule has 1 aromatic heterocycles. The first-order chi connectivity index (χ1) is 4.34. The van der Waals surface area contributed by atoms with Gasteiger partial charge in [-0.2, -0.15) is 0 Å². The number of hydrogen-bond acceptors (Lipinski definition) is 3. The Labute approximate surface area is 68.6 Å². The number of carbonyl (C=O) groups excluding carboxylic acids is 1. The molecule has 0 aliphatic carbocycles. The van der Waals surface area contributed by atoms with Crippen LogP contribution in [0.5, 0.6) is 5.75 Å². The van der Waals surface area contributed by atoms with E-state index in [4.69, 9.17) is 5.11 Å². The van der Waals surface area contributed by atoms with E-state index in [-0.39, 0.29) is 28.4 Å². The predicted molar refractivity (Wildman–Crippen MR) is 31.3 cm³/mol. The Bertz CT molecular complexity index is 227. The zero-order chi connectivity index (χ0) is 6.69. The van der Waals surface area contributed by atoms with E-state index in [2.05, 4.69) is 4.98 Å². The minimum Gasteiger partial charge on any atom is -0.506 e. The van der Waals surface area contributed by atoms with E-state index in [1.54, 1.807) is 0 Å². The van der Waals surface area contributed by atoms with Gasteiger partial charge in [-0.25, -0.2) is 0 Å². The fourth-order valence-corrected chi connectivity index (χ4v) is 0.497. The zero-order valence-electron chi connectivity index (χ0n) is 4.97. The monoisotopic (exact) mass is 179 g/mol. The maximum Gasteiger partial charge on any atom is 0.153 e. The standard InChI is InChI=1S/C6H5NO2.Fe/c8-4-5-1-2-7-3-6(5)9;/h1-4,9H;. The van der Waals surface area contributed by atoms with Crippen molar-refractivity contribution >= 4 is 6.29 Å². The summed E-state index contributed by atoms with van der Waals surface area (Å²) < 4.78 is 0. The molecule has 1 N–H and O–H groups in total. The molecule has 0 unspecified atom stereocenters. The summed E-state index contributed by atoms with van der Waals surface area (Å²) >= 11 is 0. The SMILES string of the molecule is O=Cc1ccncc1O.[Fe]. The van der Waals surface area contributed by atoms with Crippen molar-refractivity contribution in [1.82, 2.24) is 4.98 Å². The molecule has 0 atom stereocenters. The van der Waals surface area contributed by atoms with Gasteiger partial charge in [0.2, 0.25) is 0 Å². The molecule has 0 saturated heterocycles. The molecule has 10 heavy (non-hydrogen) atoms. The molecule has 0 spiro atoms. The molecule has 0 aromatic carbocycles. The fraction of sp³-hybridized carbons (Fsp3) is 0. The van der Waals surface area contributed by atoms with Gasteiger partial charge in [-0.1, -0.05) is 0 Å². The molecule has 0 amide bonds. The molecular formula is C6H5FeNO2. The summed E-state index contributed by atoms with van der Waals surface area (Å²) in [5.74, 6) is -0.0764. The van der Waals surface area contributed by atoms with Crippen LogP contribution in [0, 0.1) is 0 Å². The van der Waals surface area contributed by atoms with Crippen LogP contribution in [0.15, 0.2) is 18.5 Å². The Morgan fingerprint density at radius 3 is 2.70 bits per heavy atom. The third-order valence-corrected chi connectivity index (χ3v) is 0.960. The third kappa shape index (κ3) is 1.83. The second kappa shape index (κ2) is 4.04. The number of aromatic hydroxyl groups is 1. The summed E-state index contributed by atoms with van der Waals surface area (Å²) in [5.41, 5.74) is 0.269. The van der Waals surface area contributed by atoms with E-state index in [0.29, 0.717) is 6.29 Å². The Balaban J connectivity index is 0.000000810. The van der Waals surface area contributed by atoms with Crippen LogP contribution in [-0.2, 0) is 17.1 Å². The molecule has 4 heteroatoms. The van der Waals surface area contributed by atoms with Crippen LogP contribution in [0.25, 0.3) is 0 Å². The Morgan fingerprint density at radius 2 is 2.30 bits per heavy atom. The van der Waals surface area contributed by atoms with Crippen molar-refractivity contribution in [3.8, 4) is 5.75 Å². The van der Waals surface area contributed by atoms with Crippen LogP contribution >= 0.6 is 0 Å².